The number of fused-ring (bicyclic) bond motifs is 1. The lowest BCUT2D eigenvalue weighted by atomic mass is 10.1. The van der Waals surface area contributed by atoms with E-state index in [0.29, 0.717) is 22.8 Å². The molecule has 3 heterocycles. The van der Waals surface area contributed by atoms with Gasteiger partial charge in [0.25, 0.3) is 11.8 Å². The Morgan fingerprint density at radius 1 is 1.24 bits per heavy atom. The van der Waals surface area contributed by atoms with Gasteiger partial charge in [-0.05, 0) is 58.7 Å². The third-order valence-electron chi connectivity index (χ3n) is 4.70. The van der Waals surface area contributed by atoms with E-state index in [2.05, 4.69) is 26.2 Å². The second-order valence-electron chi connectivity index (χ2n) is 7.11. The van der Waals surface area contributed by atoms with Crippen LogP contribution in [-0.4, -0.2) is 16.8 Å². The zero-order chi connectivity index (χ0) is 24.6. The zero-order valence-electron chi connectivity index (χ0n) is 17.3. The molecule has 0 fully saturated rings. The third-order valence-corrected chi connectivity index (χ3v) is 6.46. The number of amides is 2. The summed E-state index contributed by atoms with van der Waals surface area (Å²) < 4.78 is 51.4. The molecule has 0 unspecified atom stereocenters. The van der Waals surface area contributed by atoms with E-state index >= 15 is 0 Å². The van der Waals surface area contributed by atoms with Crippen LogP contribution in [0.1, 0.15) is 37.2 Å². The molecule has 176 valence electrons. The Bertz CT molecular complexity index is 1410. The zero-order valence-corrected chi connectivity index (χ0v) is 19.7. The van der Waals surface area contributed by atoms with Crippen LogP contribution in [0.4, 0.5) is 18.9 Å². The molecular weight excluding hydrogens is 539 g/mol. The maximum absolute atomic E-state index is 13.1. The molecule has 4 rings (SSSR count). The fourth-order valence-corrected chi connectivity index (χ4v) is 4.64. The number of alkyl halides is 3. The molecule has 0 atom stereocenters. The van der Waals surface area contributed by atoms with Crippen molar-refractivity contribution in [3.8, 4) is 5.75 Å². The number of hydrogen-bond donors (Lipinski definition) is 2. The first-order valence-electron chi connectivity index (χ1n) is 9.63. The topological polar surface area (TPSA) is 107 Å². The van der Waals surface area contributed by atoms with Gasteiger partial charge in [0.2, 0.25) is 0 Å². The van der Waals surface area contributed by atoms with Gasteiger partial charge < -0.3 is 20.2 Å². The first kappa shape index (κ1) is 23.8. The van der Waals surface area contributed by atoms with Gasteiger partial charge in [0.1, 0.15) is 33.5 Å². The summed E-state index contributed by atoms with van der Waals surface area (Å²) in [5.74, 6) is -0.763. The van der Waals surface area contributed by atoms with Crippen LogP contribution in [-0.2, 0) is 12.8 Å². The number of thiophene rings is 1. The van der Waals surface area contributed by atoms with Gasteiger partial charge in [-0.3, -0.25) is 9.59 Å². The van der Waals surface area contributed by atoms with Crippen LogP contribution in [0.25, 0.3) is 10.2 Å². The van der Waals surface area contributed by atoms with Gasteiger partial charge >= 0.3 is 6.18 Å². The number of carbonyl (C=O) groups is 2. The molecule has 12 heteroatoms. The number of aromatic nitrogens is 1. The number of anilines is 1. The summed E-state index contributed by atoms with van der Waals surface area (Å²) in [7, 11) is 0. The maximum Gasteiger partial charge on any atom is 0.433 e. The molecule has 7 nitrogen and oxygen atoms in total. The monoisotopic (exact) mass is 553 g/mol. The highest BCUT2D eigenvalue weighted by Crippen LogP contribution is 2.40. The van der Waals surface area contributed by atoms with Crippen molar-refractivity contribution in [3.05, 3.63) is 74.6 Å². The Hall–Kier alpha value is -3.38. The summed E-state index contributed by atoms with van der Waals surface area (Å²) in [6.45, 7) is 1.48. The number of halogens is 4. The van der Waals surface area contributed by atoms with Gasteiger partial charge in [0.15, 0.2) is 5.76 Å². The van der Waals surface area contributed by atoms with E-state index in [1.54, 1.807) is 18.2 Å². The van der Waals surface area contributed by atoms with Gasteiger partial charge in [-0.1, -0.05) is 12.1 Å². The summed E-state index contributed by atoms with van der Waals surface area (Å²) >= 11 is 4.04. The number of benzene rings is 1. The van der Waals surface area contributed by atoms with E-state index in [1.807, 2.05) is 12.1 Å². The van der Waals surface area contributed by atoms with E-state index in [4.69, 9.17) is 14.9 Å². The van der Waals surface area contributed by atoms with Crippen LogP contribution in [0, 0.1) is 6.92 Å². The second kappa shape index (κ2) is 9.11. The van der Waals surface area contributed by atoms with Gasteiger partial charge in [-0.15, -0.1) is 11.3 Å². The molecule has 0 saturated carbocycles. The minimum absolute atomic E-state index is 0.0151. The molecule has 1 aromatic carbocycles. The normalized spacial score (nSPS) is 11.6. The predicted molar refractivity (Wildman–Crippen MR) is 123 cm³/mol. The van der Waals surface area contributed by atoms with E-state index in [1.165, 1.54) is 13.0 Å². The fourth-order valence-electron chi connectivity index (χ4n) is 3.18. The van der Waals surface area contributed by atoms with Crippen LogP contribution in [0.2, 0.25) is 0 Å². The van der Waals surface area contributed by atoms with Crippen molar-refractivity contribution in [1.82, 2.24) is 4.98 Å². The summed E-state index contributed by atoms with van der Waals surface area (Å²) in [5, 5.41) is 2.73. The van der Waals surface area contributed by atoms with Crippen molar-refractivity contribution in [3.63, 3.8) is 0 Å². The number of hydrogen-bond acceptors (Lipinski definition) is 6. The lowest BCUT2D eigenvalue weighted by Crippen LogP contribution is -2.16. The standard InChI is InChI=1S/C22H15BrF3N3O4S/c1-10-8-15(22(24,25)26)28-21-16(10)17(18(34-21)19(27)30)29-20(31)14-7-6-11(33-14)9-32-13-5-3-2-4-12(13)23/h2-8H,9H2,1H3,(H2,27,30)(H,29,31). The first-order valence-corrected chi connectivity index (χ1v) is 11.2. The Balaban J connectivity index is 1.60. The molecule has 0 aliphatic rings. The molecule has 0 spiro atoms. The highest BCUT2D eigenvalue weighted by atomic mass is 79.9. The van der Waals surface area contributed by atoms with Crippen molar-refractivity contribution in [1.29, 1.82) is 0 Å². The Kier molecular flexibility index (Phi) is 6.36. The van der Waals surface area contributed by atoms with Gasteiger partial charge in [0, 0.05) is 5.39 Å². The SMILES string of the molecule is Cc1cc(C(F)(F)F)nc2sc(C(N)=O)c(NC(=O)c3ccc(COc4ccccc4Br)o3)c12. The van der Waals surface area contributed by atoms with Crippen LogP contribution >= 0.6 is 27.3 Å². The van der Waals surface area contributed by atoms with Crippen molar-refractivity contribution in [2.24, 2.45) is 5.73 Å². The molecule has 34 heavy (non-hydrogen) atoms. The molecular formula is C22H15BrF3N3O4S. The van der Waals surface area contributed by atoms with Gasteiger partial charge in [-0.2, -0.15) is 13.2 Å². The van der Waals surface area contributed by atoms with Gasteiger partial charge in [0.05, 0.1) is 10.2 Å². The summed E-state index contributed by atoms with van der Waals surface area (Å²) in [5.41, 5.74) is 4.46. The van der Waals surface area contributed by atoms with Crippen molar-refractivity contribution in [2.75, 3.05) is 5.32 Å². The largest absolute Gasteiger partial charge is 0.484 e. The Morgan fingerprint density at radius 3 is 2.65 bits per heavy atom. The number of primary amides is 1. The number of nitrogens with one attached hydrogen (secondary N) is 1. The van der Waals surface area contributed by atoms with Crippen LogP contribution in [0.5, 0.6) is 5.75 Å². The van der Waals surface area contributed by atoms with E-state index in [9.17, 15) is 22.8 Å². The minimum Gasteiger partial charge on any atom is -0.484 e. The van der Waals surface area contributed by atoms with Crippen LogP contribution < -0.4 is 15.8 Å². The highest BCUT2D eigenvalue weighted by molar-refractivity contribution is 9.10. The Morgan fingerprint density at radius 2 is 1.97 bits per heavy atom. The average Bonchev–Trinajstić information content (AvgIpc) is 3.38. The molecule has 4 aromatic rings. The number of pyridine rings is 1. The second-order valence-corrected chi connectivity index (χ2v) is 8.97. The lowest BCUT2D eigenvalue weighted by molar-refractivity contribution is -0.141. The number of rotatable bonds is 6. The van der Waals surface area contributed by atoms with E-state index in [0.717, 1.165) is 10.5 Å². The summed E-state index contributed by atoms with van der Waals surface area (Å²) in [4.78, 5) is 28.2. The third kappa shape index (κ3) is 4.77. The quantitative estimate of drug-likeness (QED) is 0.308. The smallest absolute Gasteiger partial charge is 0.433 e. The number of aryl methyl sites for hydroxylation is 1. The predicted octanol–water partition coefficient (Wildman–Crippen LogP) is 5.91. The average molecular weight is 554 g/mol. The number of carbonyl (C=O) groups excluding carboxylic acids is 2. The minimum atomic E-state index is -4.67. The number of ether oxygens (including phenoxy) is 1. The molecule has 3 N–H and O–H groups in total. The molecule has 0 aliphatic carbocycles. The Labute approximate surface area is 202 Å². The number of para-hydroxylation sites is 1. The number of nitrogens with zero attached hydrogens (tertiary/aromatic N) is 1. The first-order chi connectivity index (χ1) is 16.0. The van der Waals surface area contributed by atoms with Crippen molar-refractivity contribution < 1.29 is 31.9 Å². The van der Waals surface area contributed by atoms with E-state index in [-0.39, 0.29) is 38.7 Å². The summed E-state index contributed by atoms with van der Waals surface area (Å²) in [6.07, 6.45) is -4.67. The number of nitrogens with two attached hydrogens (primary N) is 1. The highest BCUT2D eigenvalue weighted by Gasteiger charge is 2.34. The van der Waals surface area contributed by atoms with Crippen LogP contribution in [0.15, 0.2) is 51.4 Å². The van der Waals surface area contributed by atoms with Crippen molar-refractivity contribution >= 4 is 55.0 Å². The van der Waals surface area contributed by atoms with Gasteiger partial charge in [-0.25, -0.2) is 4.98 Å². The lowest BCUT2D eigenvalue weighted by Gasteiger charge is -2.09. The molecule has 0 bridgehead atoms. The molecule has 0 radical (unpaired) electrons. The van der Waals surface area contributed by atoms with E-state index < -0.39 is 23.7 Å². The van der Waals surface area contributed by atoms with Crippen LogP contribution in [0.3, 0.4) is 0 Å². The van der Waals surface area contributed by atoms with Crippen molar-refractivity contribution in [2.45, 2.75) is 19.7 Å². The maximum atomic E-state index is 13.1. The molecule has 2 amide bonds. The molecule has 0 saturated heterocycles. The summed E-state index contributed by atoms with van der Waals surface area (Å²) in [6, 6.07) is 11.0. The molecule has 3 aromatic heterocycles. The fraction of sp³-hybridized carbons (Fsp3) is 0.136. The number of furan rings is 1. The molecule has 0 aliphatic heterocycles.